The van der Waals surface area contributed by atoms with E-state index in [-0.39, 0.29) is 12.3 Å². The fourth-order valence-electron chi connectivity index (χ4n) is 1.94. The van der Waals surface area contributed by atoms with Crippen molar-refractivity contribution in [1.82, 2.24) is 19.6 Å². The number of nitrogens with one attached hydrogen (secondary N) is 2. The number of aromatic amines is 1. The first-order chi connectivity index (χ1) is 9.76. The Kier molecular flexibility index (Phi) is 3.18. The van der Waals surface area contributed by atoms with Gasteiger partial charge in [0.05, 0.1) is 6.61 Å². The monoisotopic (exact) mass is 271 g/mol. The Bertz CT molecular complexity index is 793. The van der Waals surface area contributed by atoms with Gasteiger partial charge >= 0.3 is 5.69 Å². The maximum absolute atomic E-state index is 11.3. The number of fused-ring (bicyclic) bond motifs is 1. The molecule has 0 saturated carbocycles. The lowest BCUT2D eigenvalue weighted by Gasteiger charge is -2.06. The number of aliphatic hydroxyl groups excluding tert-OH is 1. The molecule has 3 N–H and O–H groups in total. The van der Waals surface area contributed by atoms with E-state index < -0.39 is 0 Å². The highest BCUT2D eigenvalue weighted by Crippen LogP contribution is 2.09. The second-order valence-corrected chi connectivity index (χ2v) is 4.36. The number of hydrogen-bond acceptors (Lipinski definition) is 5. The minimum Gasteiger partial charge on any atom is -0.392 e. The molecular formula is C13H13N5O2. The Labute approximate surface area is 113 Å². The van der Waals surface area contributed by atoms with E-state index in [1.54, 1.807) is 6.07 Å². The third-order valence-electron chi connectivity index (χ3n) is 2.96. The molecule has 0 unspecified atom stereocenters. The Morgan fingerprint density at radius 3 is 3.00 bits per heavy atom. The number of H-pyrrole nitrogens is 1. The summed E-state index contributed by atoms with van der Waals surface area (Å²) in [5.74, 6) is 0.630. The molecule has 0 amide bonds. The highest BCUT2D eigenvalue weighted by Gasteiger charge is 2.02. The largest absolute Gasteiger partial charge is 0.392 e. The second kappa shape index (κ2) is 5.14. The quantitative estimate of drug-likeness (QED) is 0.643. The Morgan fingerprint density at radius 2 is 2.15 bits per heavy atom. The summed E-state index contributed by atoms with van der Waals surface area (Å²) in [6.45, 7) is 0.597. The van der Waals surface area contributed by atoms with Gasteiger partial charge in [0.25, 0.3) is 0 Å². The summed E-state index contributed by atoms with van der Waals surface area (Å²) in [6, 6.07) is 9.33. The van der Waals surface area contributed by atoms with Gasteiger partial charge in [-0.15, -0.1) is 0 Å². The van der Waals surface area contributed by atoms with Gasteiger partial charge in [-0.3, -0.25) is 0 Å². The molecule has 1 aromatic carbocycles. The lowest BCUT2D eigenvalue weighted by atomic mass is 10.1. The Hall–Kier alpha value is -2.67. The molecule has 0 aliphatic rings. The molecule has 0 spiro atoms. The molecule has 0 aliphatic heterocycles. The fraction of sp³-hybridized carbons (Fsp3) is 0.154. The number of hydrogen-bond donors (Lipinski definition) is 3. The lowest BCUT2D eigenvalue weighted by molar-refractivity contribution is 0.281. The van der Waals surface area contributed by atoms with Crippen molar-refractivity contribution in [2.24, 2.45) is 0 Å². The van der Waals surface area contributed by atoms with Crippen molar-refractivity contribution in [3.05, 3.63) is 58.3 Å². The van der Waals surface area contributed by atoms with Crippen LogP contribution in [-0.4, -0.2) is 24.7 Å². The van der Waals surface area contributed by atoms with Gasteiger partial charge in [-0.1, -0.05) is 24.3 Å². The number of anilines is 1. The van der Waals surface area contributed by atoms with Crippen molar-refractivity contribution in [2.45, 2.75) is 13.2 Å². The molecule has 102 valence electrons. The summed E-state index contributed by atoms with van der Waals surface area (Å²) in [4.78, 5) is 15.4. The third-order valence-corrected chi connectivity index (χ3v) is 2.96. The molecule has 7 nitrogen and oxygen atoms in total. The van der Waals surface area contributed by atoms with Gasteiger partial charge in [0.2, 0.25) is 0 Å². The highest BCUT2D eigenvalue weighted by molar-refractivity contribution is 5.48. The predicted octanol–water partition coefficient (Wildman–Crippen LogP) is 0.522. The van der Waals surface area contributed by atoms with Gasteiger partial charge in [-0.2, -0.15) is 5.10 Å². The molecule has 0 bridgehead atoms. The smallest absolute Gasteiger partial charge is 0.348 e. The van der Waals surface area contributed by atoms with Crippen LogP contribution in [0.15, 0.2) is 41.5 Å². The molecule has 0 fully saturated rings. The zero-order chi connectivity index (χ0) is 13.9. The molecule has 0 aliphatic carbocycles. The van der Waals surface area contributed by atoms with Crippen LogP contribution >= 0.6 is 0 Å². The standard InChI is InChI=1S/C13H13N5O2/c19-7-10-3-1-2-9(4-10)6-14-11-5-12-16-17-13(20)18(12)8-15-11/h1-5,8,14,19H,6-7H2,(H,17,20). The minimum atomic E-state index is -0.310. The molecule has 2 heterocycles. The molecule has 0 saturated heterocycles. The van der Waals surface area contributed by atoms with Gasteiger partial charge in [0, 0.05) is 12.6 Å². The van der Waals surface area contributed by atoms with E-state index in [0.717, 1.165) is 11.1 Å². The van der Waals surface area contributed by atoms with Crippen LogP contribution in [0.3, 0.4) is 0 Å². The topological polar surface area (TPSA) is 95.3 Å². The van der Waals surface area contributed by atoms with Gasteiger partial charge in [-0.25, -0.2) is 19.3 Å². The number of aromatic nitrogens is 4. The lowest BCUT2D eigenvalue weighted by Crippen LogP contribution is -2.10. The summed E-state index contributed by atoms with van der Waals surface area (Å²) in [7, 11) is 0. The van der Waals surface area contributed by atoms with Crippen molar-refractivity contribution >= 4 is 11.5 Å². The SMILES string of the molecule is O=c1[nH]nc2cc(NCc3cccc(CO)c3)ncn12. The van der Waals surface area contributed by atoms with Crippen LogP contribution in [0.4, 0.5) is 5.82 Å². The van der Waals surface area contributed by atoms with Gasteiger partial charge in [0.1, 0.15) is 12.1 Å². The summed E-state index contributed by atoms with van der Waals surface area (Å²) >= 11 is 0. The Morgan fingerprint density at radius 1 is 1.30 bits per heavy atom. The molecule has 3 aromatic rings. The predicted molar refractivity (Wildman–Crippen MR) is 73.3 cm³/mol. The van der Waals surface area contributed by atoms with Crippen molar-refractivity contribution in [1.29, 1.82) is 0 Å². The fourth-order valence-corrected chi connectivity index (χ4v) is 1.94. The molecule has 2 aromatic heterocycles. The van der Waals surface area contributed by atoms with Gasteiger partial charge in [-0.05, 0) is 11.1 Å². The summed E-state index contributed by atoms with van der Waals surface area (Å²) in [5.41, 5.74) is 2.11. The average molecular weight is 271 g/mol. The van der Waals surface area contributed by atoms with Crippen LogP contribution in [0.2, 0.25) is 0 Å². The van der Waals surface area contributed by atoms with E-state index >= 15 is 0 Å². The summed E-state index contributed by atoms with van der Waals surface area (Å²) in [5, 5.41) is 18.5. The van der Waals surface area contributed by atoms with Crippen molar-refractivity contribution in [3.63, 3.8) is 0 Å². The summed E-state index contributed by atoms with van der Waals surface area (Å²) < 4.78 is 1.33. The van der Waals surface area contributed by atoms with Crippen LogP contribution in [0.1, 0.15) is 11.1 Å². The van der Waals surface area contributed by atoms with Crippen LogP contribution in [0.5, 0.6) is 0 Å². The number of benzene rings is 1. The van der Waals surface area contributed by atoms with Crippen molar-refractivity contribution in [2.75, 3.05) is 5.32 Å². The van der Waals surface area contributed by atoms with Crippen molar-refractivity contribution < 1.29 is 5.11 Å². The second-order valence-electron chi connectivity index (χ2n) is 4.36. The molecule has 0 radical (unpaired) electrons. The number of aliphatic hydroxyl groups is 1. The van der Waals surface area contributed by atoms with E-state index in [0.29, 0.717) is 18.0 Å². The maximum Gasteiger partial charge on any atom is 0.348 e. The van der Waals surface area contributed by atoms with Crippen molar-refractivity contribution in [3.8, 4) is 0 Å². The van der Waals surface area contributed by atoms with Gasteiger partial charge in [0.15, 0.2) is 5.65 Å². The number of rotatable bonds is 4. The first-order valence-corrected chi connectivity index (χ1v) is 6.11. The normalized spacial score (nSPS) is 10.8. The zero-order valence-corrected chi connectivity index (χ0v) is 10.6. The zero-order valence-electron chi connectivity index (χ0n) is 10.6. The molecule has 0 atom stereocenters. The Balaban J connectivity index is 1.77. The average Bonchev–Trinajstić information content (AvgIpc) is 2.86. The van der Waals surface area contributed by atoms with E-state index in [2.05, 4.69) is 20.5 Å². The number of nitrogens with zero attached hydrogens (tertiary/aromatic N) is 3. The first kappa shape index (κ1) is 12.4. The van der Waals surface area contributed by atoms with Crippen LogP contribution in [0, 0.1) is 0 Å². The minimum absolute atomic E-state index is 0.0221. The van der Waals surface area contributed by atoms with Crippen LogP contribution < -0.4 is 11.0 Å². The van der Waals surface area contributed by atoms with Gasteiger partial charge < -0.3 is 10.4 Å². The summed E-state index contributed by atoms with van der Waals surface area (Å²) in [6.07, 6.45) is 1.42. The van der Waals surface area contributed by atoms with E-state index in [1.165, 1.54) is 10.7 Å². The molecule has 3 rings (SSSR count). The van der Waals surface area contributed by atoms with E-state index in [9.17, 15) is 4.79 Å². The molecular weight excluding hydrogens is 258 g/mol. The highest BCUT2D eigenvalue weighted by atomic mass is 16.3. The van der Waals surface area contributed by atoms with E-state index in [4.69, 9.17) is 5.11 Å². The van der Waals surface area contributed by atoms with Crippen LogP contribution in [0.25, 0.3) is 5.65 Å². The molecule has 20 heavy (non-hydrogen) atoms. The van der Waals surface area contributed by atoms with Crippen LogP contribution in [-0.2, 0) is 13.2 Å². The third kappa shape index (κ3) is 2.39. The maximum atomic E-state index is 11.3. The van der Waals surface area contributed by atoms with E-state index in [1.807, 2.05) is 24.3 Å². The molecule has 7 heteroatoms. The first-order valence-electron chi connectivity index (χ1n) is 6.11.